The van der Waals surface area contributed by atoms with Crippen molar-refractivity contribution in [2.75, 3.05) is 32.8 Å². The Balaban J connectivity index is 0. The molecule has 0 atom stereocenters. The summed E-state index contributed by atoms with van der Waals surface area (Å²) in [5.41, 5.74) is 2.37. The maximum Gasteiger partial charge on any atom is 0.307 e. The van der Waals surface area contributed by atoms with Gasteiger partial charge in [-0.25, -0.2) is 0 Å². The lowest BCUT2D eigenvalue weighted by Gasteiger charge is -2.34. The van der Waals surface area contributed by atoms with Gasteiger partial charge in [0.25, 0.3) is 0 Å². The fourth-order valence-electron chi connectivity index (χ4n) is 4.35. The molecule has 0 unspecified atom stereocenters. The number of hydrogen-bond acceptors (Lipinski definition) is 5. The highest BCUT2D eigenvalue weighted by atomic mass is 16.6. The lowest BCUT2D eigenvalue weighted by atomic mass is 10.00. The first-order valence-corrected chi connectivity index (χ1v) is 11.9. The number of likely N-dealkylation sites (tertiary alicyclic amines) is 1. The Kier molecular flexibility index (Phi) is 19.9. The first kappa shape index (κ1) is 36.3. The van der Waals surface area contributed by atoms with E-state index in [1.807, 2.05) is 12.1 Å². The zero-order valence-corrected chi connectivity index (χ0v) is 21.3. The van der Waals surface area contributed by atoms with Crippen LogP contribution in [0.4, 0.5) is 0 Å². The monoisotopic (exact) mass is 521 g/mol. The van der Waals surface area contributed by atoms with Crippen LogP contribution in [-0.4, -0.2) is 77.8 Å². The van der Waals surface area contributed by atoms with E-state index in [1.54, 1.807) is 0 Å². The summed E-state index contributed by atoms with van der Waals surface area (Å²) in [6.07, 6.45) is 12.3. The number of carbonyl (C=O) groups is 1. The highest BCUT2D eigenvalue weighted by molar-refractivity contribution is 5.69. The maximum atomic E-state index is 12.2. The standard InChI is InChI=1S/C26H33NO4.C2H2.4H2O/c28-25(30-24-14-19-29-20-15-24)13-18-27-16-11-23(12-17-27)31-26(21-7-3-1-4-8-21)22-9-5-2-6-10-22;1-2;;;;/h1-10,23-24,26H,11-20H2;1-2H;4*1H2. The Labute approximate surface area is 220 Å². The van der Waals surface area contributed by atoms with Gasteiger partial charge in [-0.3, -0.25) is 4.79 Å². The van der Waals surface area contributed by atoms with Crippen LogP contribution in [0, 0.1) is 12.8 Å². The summed E-state index contributed by atoms with van der Waals surface area (Å²) in [5, 5.41) is 0. The lowest BCUT2D eigenvalue weighted by molar-refractivity contribution is -0.153. The van der Waals surface area contributed by atoms with Gasteiger partial charge in [-0.1, -0.05) is 60.7 Å². The van der Waals surface area contributed by atoms with Gasteiger partial charge in [0.15, 0.2) is 0 Å². The molecule has 2 aliphatic heterocycles. The maximum absolute atomic E-state index is 12.2. The average Bonchev–Trinajstić information content (AvgIpc) is 2.89. The van der Waals surface area contributed by atoms with Crippen LogP contribution in [0.25, 0.3) is 0 Å². The van der Waals surface area contributed by atoms with Crippen molar-refractivity contribution in [3.63, 3.8) is 0 Å². The third-order valence-electron chi connectivity index (χ3n) is 6.17. The summed E-state index contributed by atoms with van der Waals surface area (Å²) >= 11 is 0. The molecule has 0 aliphatic carbocycles. The molecule has 4 rings (SSSR count). The molecule has 2 fully saturated rings. The van der Waals surface area contributed by atoms with Crippen molar-refractivity contribution in [3.8, 4) is 12.8 Å². The Morgan fingerprint density at radius 2 is 1.30 bits per heavy atom. The number of esters is 1. The number of benzene rings is 2. The van der Waals surface area contributed by atoms with E-state index < -0.39 is 0 Å². The summed E-state index contributed by atoms with van der Waals surface area (Å²) in [6.45, 7) is 4.05. The van der Waals surface area contributed by atoms with Gasteiger partial charge in [0.2, 0.25) is 0 Å². The van der Waals surface area contributed by atoms with E-state index in [9.17, 15) is 4.79 Å². The number of nitrogens with zero attached hydrogens (tertiary/aromatic N) is 1. The Morgan fingerprint density at radius 3 is 1.78 bits per heavy atom. The van der Waals surface area contributed by atoms with Crippen molar-refractivity contribution >= 4 is 5.97 Å². The lowest BCUT2D eigenvalue weighted by Crippen LogP contribution is -2.39. The summed E-state index contributed by atoms with van der Waals surface area (Å²) in [5.74, 6) is -0.0847. The van der Waals surface area contributed by atoms with Gasteiger partial charge in [-0.05, 0) is 24.0 Å². The molecular formula is C28H43NO8. The molecule has 0 saturated carbocycles. The number of carbonyl (C=O) groups excluding carboxylic acids is 1. The van der Waals surface area contributed by atoms with Crippen LogP contribution in [-0.2, 0) is 19.0 Å². The zero-order chi connectivity index (χ0) is 23.3. The van der Waals surface area contributed by atoms with E-state index in [4.69, 9.17) is 14.2 Å². The second-order valence-corrected chi connectivity index (χ2v) is 8.43. The Bertz CT molecular complexity index is 796. The molecule has 2 aromatic carbocycles. The Morgan fingerprint density at radius 1 is 0.811 bits per heavy atom. The highest BCUT2D eigenvalue weighted by Crippen LogP contribution is 2.30. The van der Waals surface area contributed by atoms with E-state index in [0.29, 0.717) is 19.6 Å². The predicted octanol–water partition coefficient (Wildman–Crippen LogP) is 1.32. The van der Waals surface area contributed by atoms with Crippen molar-refractivity contribution < 1.29 is 40.9 Å². The fraction of sp³-hybridized carbons (Fsp3) is 0.464. The molecule has 0 amide bonds. The molecule has 2 aliphatic rings. The number of hydrogen-bond donors (Lipinski definition) is 0. The van der Waals surface area contributed by atoms with Crippen molar-refractivity contribution in [2.45, 2.75) is 50.4 Å². The molecule has 2 aromatic rings. The molecule has 0 radical (unpaired) electrons. The summed E-state index contributed by atoms with van der Waals surface area (Å²) < 4.78 is 17.5. The Hall–Kier alpha value is -2.81. The van der Waals surface area contributed by atoms with Gasteiger partial charge in [0, 0.05) is 32.5 Å². The van der Waals surface area contributed by atoms with Gasteiger partial charge in [0.05, 0.1) is 25.7 Å². The molecule has 0 bridgehead atoms. The molecule has 2 saturated heterocycles. The second-order valence-electron chi connectivity index (χ2n) is 8.43. The summed E-state index contributed by atoms with van der Waals surface area (Å²) in [7, 11) is 0. The molecule has 9 heteroatoms. The van der Waals surface area contributed by atoms with Crippen LogP contribution in [0.2, 0.25) is 0 Å². The average molecular weight is 522 g/mol. The topological polar surface area (TPSA) is 174 Å². The van der Waals surface area contributed by atoms with Crippen LogP contribution in [0.5, 0.6) is 0 Å². The van der Waals surface area contributed by atoms with Crippen LogP contribution < -0.4 is 0 Å². The predicted molar refractivity (Wildman–Crippen MR) is 144 cm³/mol. The minimum Gasteiger partial charge on any atom is -0.462 e. The fourth-order valence-corrected chi connectivity index (χ4v) is 4.35. The molecule has 0 spiro atoms. The molecule has 0 aromatic heterocycles. The molecular weight excluding hydrogens is 478 g/mol. The van der Waals surface area contributed by atoms with Gasteiger partial charge < -0.3 is 41.0 Å². The van der Waals surface area contributed by atoms with Crippen molar-refractivity contribution in [2.24, 2.45) is 0 Å². The largest absolute Gasteiger partial charge is 0.462 e. The molecule has 208 valence electrons. The summed E-state index contributed by atoms with van der Waals surface area (Å²) in [6, 6.07) is 20.9. The molecule has 9 nitrogen and oxygen atoms in total. The van der Waals surface area contributed by atoms with Crippen molar-refractivity contribution in [1.29, 1.82) is 0 Å². The van der Waals surface area contributed by atoms with Crippen LogP contribution in [0.15, 0.2) is 60.7 Å². The van der Waals surface area contributed by atoms with Gasteiger partial charge in [-0.2, -0.15) is 0 Å². The van der Waals surface area contributed by atoms with Crippen molar-refractivity contribution in [3.05, 3.63) is 71.8 Å². The number of rotatable bonds is 8. The van der Waals surface area contributed by atoms with E-state index in [1.165, 1.54) is 11.1 Å². The van der Waals surface area contributed by atoms with Crippen LogP contribution in [0.1, 0.15) is 49.3 Å². The SMILES string of the molecule is C#C.O.O.O.O.O=C(CCN1CCC(OC(c2ccccc2)c2ccccc2)CC1)OC1CCOCC1. The first-order chi connectivity index (χ1) is 16.3. The molecule has 37 heavy (non-hydrogen) atoms. The van der Waals surface area contributed by atoms with E-state index in [-0.39, 0.29) is 46.2 Å². The van der Waals surface area contributed by atoms with Crippen LogP contribution in [0.3, 0.4) is 0 Å². The highest BCUT2D eigenvalue weighted by Gasteiger charge is 2.25. The number of piperidine rings is 1. The number of ether oxygens (including phenoxy) is 3. The van der Waals surface area contributed by atoms with Crippen LogP contribution >= 0.6 is 0 Å². The smallest absolute Gasteiger partial charge is 0.307 e. The van der Waals surface area contributed by atoms with E-state index in [0.717, 1.165) is 45.3 Å². The quantitative estimate of drug-likeness (QED) is 0.375. The van der Waals surface area contributed by atoms with Crippen molar-refractivity contribution in [1.82, 2.24) is 4.90 Å². The molecule has 8 N–H and O–H groups in total. The van der Waals surface area contributed by atoms with E-state index >= 15 is 0 Å². The number of terminal acetylenes is 1. The minimum atomic E-state index is -0.0847. The third-order valence-corrected chi connectivity index (χ3v) is 6.17. The normalized spacial score (nSPS) is 15.9. The first-order valence-electron chi connectivity index (χ1n) is 11.9. The third kappa shape index (κ3) is 11.9. The van der Waals surface area contributed by atoms with E-state index in [2.05, 4.69) is 66.3 Å². The summed E-state index contributed by atoms with van der Waals surface area (Å²) in [4.78, 5) is 14.5. The second kappa shape index (κ2) is 20.3. The van der Waals surface area contributed by atoms with Gasteiger partial charge >= 0.3 is 5.97 Å². The van der Waals surface area contributed by atoms with Gasteiger partial charge in [-0.15, -0.1) is 12.8 Å². The zero-order valence-electron chi connectivity index (χ0n) is 21.3. The molecule has 2 heterocycles. The van der Waals surface area contributed by atoms with Gasteiger partial charge in [0.1, 0.15) is 12.2 Å². The minimum absolute atomic E-state index is 0.